The van der Waals surface area contributed by atoms with Crippen LogP contribution in [-0.2, 0) is 0 Å². The molecule has 1 nitrogen and oxygen atoms in total. The van der Waals surface area contributed by atoms with Crippen LogP contribution < -0.4 is 5.73 Å². The van der Waals surface area contributed by atoms with Gasteiger partial charge in [0.05, 0.1) is 5.03 Å². The zero-order valence-electron chi connectivity index (χ0n) is 5.72. The lowest BCUT2D eigenvalue weighted by Gasteiger charge is -1.97. The van der Waals surface area contributed by atoms with Crippen LogP contribution in [-0.4, -0.2) is 0 Å². The van der Waals surface area contributed by atoms with Crippen LogP contribution in [0, 0.1) is 0 Å². The average molecular weight is 188 g/mol. The third kappa shape index (κ3) is 2.14. The summed E-state index contributed by atoms with van der Waals surface area (Å²) in [5, 5.41) is 0.499. The minimum Gasteiger partial charge on any atom is -0.399 e. The Hall–Kier alpha value is -0.660. The number of nitrogens with two attached hydrogens (primary N) is 1. The van der Waals surface area contributed by atoms with Gasteiger partial charge >= 0.3 is 0 Å². The predicted molar refractivity (Wildman–Crippen MR) is 50.5 cm³/mol. The molecule has 1 aromatic carbocycles. The van der Waals surface area contributed by atoms with Gasteiger partial charge in [0, 0.05) is 11.2 Å². The Kier molecular flexibility index (Phi) is 2.80. The van der Waals surface area contributed by atoms with E-state index in [9.17, 15) is 0 Å². The quantitative estimate of drug-likeness (QED) is 0.673. The van der Waals surface area contributed by atoms with Crippen LogP contribution in [0.5, 0.6) is 0 Å². The van der Waals surface area contributed by atoms with Gasteiger partial charge in [0.25, 0.3) is 0 Å². The number of hydrogen-bond acceptors (Lipinski definition) is 1. The fraction of sp³-hybridized carbons (Fsp3) is 0. The third-order valence-electron chi connectivity index (χ3n) is 1.26. The lowest BCUT2D eigenvalue weighted by molar-refractivity contribution is 1.64. The Labute approximate surface area is 75.4 Å². The molecule has 0 fully saturated rings. The molecular formula is C8H7Cl2N. The zero-order chi connectivity index (χ0) is 8.27. The van der Waals surface area contributed by atoms with Gasteiger partial charge in [-0.25, -0.2) is 0 Å². The first-order chi connectivity index (χ1) is 5.24. The van der Waals surface area contributed by atoms with Gasteiger partial charge < -0.3 is 5.73 Å². The van der Waals surface area contributed by atoms with Gasteiger partial charge in [0.15, 0.2) is 0 Å². The first-order valence-corrected chi connectivity index (χ1v) is 3.87. The molecule has 0 unspecified atom stereocenters. The van der Waals surface area contributed by atoms with Crippen molar-refractivity contribution >= 4 is 33.9 Å². The molecule has 0 aliphatic rings. The molecule has 0 aliphatic heterocycles. The molecule has 0 aliphatic carbocycles. The van der Waals surface area contributed by atoms with Crippen molar-refractivity contribution in [3.8, 4) is 0 Å². The van der Waals surface area contributed by atoms with E-state index in [1.54, 1.807) is 12.1 Å². The Morgan fingerprint density at radius 1 is 1.45 bits per heavy atom. The second kappa shape index (κ2) is 3.65. The van der Waals surface area contributed by atoms with Crippen LogP contribution in [0.2, 0.25) is 0 Å². The number of nitrogen functional groups attached to an aromatic ring is 1. The fourth-order valence-corrected chi connectivity index (χ4v) is 0.994. The number of benzene rings is 1. The maximum absolute atomic E-state index is 5.74. The molecule has 1 aromatic rings. The topological polar surface area (TPSA) is 26.0 Å². The van der Waals surface area contributed by atoms with E-state index in [4.69, 9.17) is 28.9 Å². The van der Waals surface area contributed by atoms with Gasteiger partial charge in [-0.2, -0.15) is 0 Å². The van der Waals surface area contributed by atoms with Crippen molar-refractivity contribution in [1.29, 1.82) is 0 Å². The normalized spacial score (nSPS) is 11.6. The second-order valence-corrected chi connectivity index (χ2v) is 2.71. The Morgan fingerprint density at radius 2 is 2.18 bits per heavy atom. The van der Waals surface area contributed by atoms with Crippen molar-refractivity contribution < 1.29 is 0 Å². The molecule has 0 atom stereocenters. The molecule has 2 N–H and O–H groups in total. The molecule has 0 saturated heterocycles. The smallest absolute Gasteiger partial charge is 0.0592 e. The van der Waals surface area contributed by atoms with Crippen molar-refractivity contribution in [2.75, 3.05) is 5.73 Å². The molecule has 0 radical (unpaired) electrons. The third-order valence-corrected chi connectivity index (χ3v) is 1.92. The van der Waals surface area contributed by atoms with Crippen molar-refractivity contribution in [2.45, 2.75) is 0 Å². The highest BCUT2D eigenvalue weighted by Crippen LogP contribution is 2.20. The Bertz CT molecular complexity index is 281. The standard InChI is InChI=1S/C8H7Cl2N/c9-5-8(10)6-2-1-3-7(11)4-6/h1-5H,11H2. The van der Waals surface area contributed by atoms with Gasteiger partial charge in [-0.1, -0.05) is 35.3 Å². The molecular weight excluding hydrogens is 181 g/mol. The van der Waals surface area contributed by atoms with Crippen molar-refractivity contribution in [2.24, 2.45) is 0 Å². The highest BCUT2D eigenvalue weighted by molar-refractivity contribution is 6.52. The number of rotatable bonds is 1. The SMILES string of the molecule is Nc1cccc(C(Cl)=CCl)c1. The average Bonchev–Trinajstić information content (AvgIpc) is 2.03. The van der Waals surface area contributed by atoms with Gasteiger partial charge in [-0.15, -0.1) is 0 Å². The molecule has 0 heterocycles. The van der Waals surface area contributed by atoms with Crippen molar-refractivity contribution in [3.05, 3.63) is 35.4 Å². The van der Waals surface area contributed by atoms with Gasteiger partial charge in [0.1, 0.15) is 0 Å². The van der Waals surface area contributed by atoms with Gasteiger partial charge in [-0.05, 0) is 17.7 Å². The zero-order valence-corrected chi connectivity index (χ0v) is 7.23. The lowest BCUT2D eigenvalue weighted by atomic mass is 10.2. The molecule has 11 heavy (non-hydrogen) atoms. The number of anilines is 1. The van der Waals surface area contributed by atoms with E-state index in [0.717, 1.165) is 5.56 Å². The monoisotopic (exact) mass is 187 g/mol. The summed E-state index contributed by atoms with van der Waals surface area (Å²) in [4.78, 5) is 0. The summed E-state index contributed by atoms with van der Waals surface area (Å²) < 4.78 is 0. The molecule has 0 spiro atoms. The van der Waals surface area contributed by atoms with E-state index >= 15 is 0 Å². The van der Waals surface area contributed by atoms with Gasteiger partial charge in [-0.3, -0.25) is 0 Å². The largest absolute Gasteiger partial charge is 0.399 e. The lowest BCUT2D eigenvalue weighted by Crippen LogP contribution is -1.84. The molecule has 1 rings (SSSR count). The maximum atomic E-state index is 5.74. The highest BCUT2D eigenvalue weighted by atomic mass is 35.5. The van der Waals surface area contributed by atoms with E-state index in [0.29, 0.717) is 10.7 Å². The molecule has 0 amide bonds. The summed E-state index contributed by atoms with van der Waals surface area (Å²) >= 11 is 11.1. The van der Waals surface area contributed by atoms with E-state index in [2.05, 4.69) is 0 Å². The van der Waals surface area contributed by atoms with Gasteiger partial charge in [0.2, 0.25) is 0 Å². The molecule has 0 saturated carbocycles. The summed E-state index contributed by atoms with van der Waals surface area (Å²) in [6.07, 6.45) is 0. The summed E-state index contributed by atoms with van der Waals surface area (Å²) in [5.74, 6) is 0. The molecule has 3 heteroatoms. The first-order valence-electron chi connectivity index (χ1n) is 3.06. The fourth-order valence-electron chi connectivity index (χ4n) is 0.750. The summed E-state index contributed by atoms with van der Waals surface area (Å²) in [6.45, 7) is 0. The van der Waals surface area contributed by atoms with E-state index in [-0.39, 0.29) is 0 Å². The van der Waals surface area contributed by atoms with Crippen LogP contribution in [0.25, 0.3) is 5.03 Å². The number of hydrogen-bond donors (Lipinski definition) is 1. The first kappa shape index (κ1) is 8.44. The summed E-state index contributed by atoms with van der Waals surface area (Å²) in [6, 6.07) is 7.23. The van der Waals surface area contributed by atoms with Crippen LogP contribution >= 0.6 is 23.2 Å². The second-order valence-electron chi connectivity index (χ2n) is 2.08. The minimum absolute atomic E-state index is 0.499. The number of halogens is 2. The van der Waals surface area contributed by atoms with E-state index in [1.807, 2.05) is 12.1 Å². The molecule has 0 aromatic heterocycles. The predicted octanol–water partition coefficient (Wildman–Crippen LogP) is 3.04. The highest BCUT2D eigenvalue weighted by Gasteiger charge is 1.95. The summed E-state index contributed by atoms with van der Waals surface area (Å²) in [5.41, 5.74) is 8.35. The molecule has 0 bridgehead atoms. The summed E-state index contributed by atoms with van der Waals surface area (Å²) in [7, 11) is 0. The Morgan fingerprint density at radius 3 is 2.73 bits per heavy atom. The minimum atomic E-state index is 0.499. The molecule has 58 valence electrons. The van der Waals surface area contributed by atoms with Crippen molar-refractivity contribution in [3.63, 3.8) is 0 Å². The van der Waals surface area contributed by atoms with Crippen molar-refractivity contribution in [1.82, 2.24) is 0 Å². The van der Waals surface area contributed by atoms with Crippen LogP contribution in [0.4, 0.5) is 5.69 Å². The maximum Gasteiger partial charge on any atom is 0.0592 e. The van der Waals surface area contributed by atoms with E-state index in [1.165, 1.54) is 5.54 Å². The Balaban J connectivity index is 3.06. The van der Waals surface area contributed by atoms with Crippen LogP contribution in [0.15, 0.2) is 29.8 Å². The van der Waals surface area contributed by atoms with Crippen LogP contribution in [0.1, 0.15) is 5.56 Å². The van der Waals surface area contributed by atoms with E-state index < -0.39 is 0 Å². The van der Waals surface area contributed by atoms with Crippen LogP contribution in [0.3, 0.4) is 0 Å².